The number of nitrogens with one attached hydrogen (secondary N) is 1. The highest BCUT2D eigenvalue weighted by molar-refractivity contribution is 6.45. The van der Waals surface area contributed by atoms with E-state index in [4.69, 9.17) is 10.5 Å². The fourth-order valence-corrected chi connectivity index (χ4v) is 2.61. The third-order valence-corrected chi connectivity index (χ3v) is 3.92. The molecule has 27 heavy (non-hydrogen) atoms. The molecule has 0 aliphatic carbocycles. The highest BCUT2D eigenvalue weighted by Crippen LogP contribution is 2.27. The molecule has 6 heteroatoms. The number of carbonyl (C=O) groups is 2. The molecule has 136 valence electrons. The van der Waals surface area contributed by atoms with Crippen LogP contribution in [0.5, 0.6) is 5.75 Å². The topological polar surface area (TPSA) is 84.7 Å². The minimum absolute atomic E-state index is 0.420. The van der Waals surface area contributed by atoms with Crippen LogP contribution in [0.15, 0.2) is 78.9 Å². The second-order valence-corrected chi connectivity index (χ2v) is 5.72. The maximum atomic E-state index is 13.0. The summed E-state index contributed by atoms with van der Waals surface area (Å²) in [5.41, 5.74) is 7.84. The number of nitrogen functional groups attached to an aromatic ring is 1. The van der Waals surface area contributed by atoms with E-state index in [2.05, 4.69) is 5.32 Å². The predicted octanol–water partition coefficient (Wildman–Crippen LogP) is 3.58. The summed E-state index contributed by atoms with van der Waals surface area (Å²) in [7, 11) is 1.50. The van der Waals surface area contributed by atoms with E-state index < -0.39 is 11.8 Å². The van der Waals surface area contributed by atoms with Crippen molar-refractivity contribution in [2.75, 3.05) is 23.1 Å². The van der Waals surface area contributed by atoms with Gasteiger partial charge in [-0.2, -0.15) is 0 Å². The quantitative estimate of drug-likeness (QED) is 0.549. The van der Waals surface area contributed by atoms with Crippen LogP contribution in [0, 0.1) is 0 Å². The van der Waals surface area contributed by atoms with Gasteiger partial charge in [0.25, 0.3) is 0 Å². The van der Waals surface area contributed by atoms with Crippen molar-refractivity contribution in [2.24, 2.45) is 0 Å². The first kappa shape index (κ1) is 18.0. The van der Waals surface area contributed by atoms with Crippen LogP contribution in [0.25, 0.3) is 0 Å². The molecule has 0 fully saturated rings. The van der Waals surface area contributed by atoms with Crippen LogP contribution in [-0.4, -0.2) is 18.9 Å². The van der Waals surface area contributed by atoms with Gasteiger partial charge < -0.3 is 15.8 Å². The molecule has 0 radical (unpaired) electrons. The number of para-hydroxylation sites is 3. The lowest BCUT2D eigenvalue weighted by atomic mass is 10.2. The van der Waals surface area contributed by atoms with Gasteiger partial charge in [-0.3, -0.25) is 14.5 Å². The Morgan fingerprint density at radius 1 is 0.852 bits per heavy atom. The van der Waals surface area contributed by atoms with Crippen molar-refractivity contribution in [3.05, 3.63) is 78.9 Å². The summed E-state index contributed by atoms with van der Waals surface area (Å²) in [6.45, 7) is 0. The van der Waals surface area contributed by atoms with Crippen molar-refractivity contribution in [3.8, 4) is 5.75 Å². The Morgan fingerprint density at radius 3 is 2.11 bits per heavy atom. The van der Waals surface area contributed by atoms with E-state index >= 15 is 0 Å². The van der Waals surface area contributed by atoms with Gasteiger partial charge >= 0.3 is 11.8 Å². The first-order valence-corrected chi connectivity index (χ1v) is 8.29. The normalized spacial score (nSPS) is 10.1. The summed E-state index contributed by atoms with van der Waals surface area (Å²) in [6, 6.07) is 22.6. The third kappa shape index (κ3) is 4.07. The molecule has 0 aromatic heterocycles. The Kier molecular flexibility index (Phi) is 5.37. The number of anilines is 4. The zero-order valence-electron chi connectivity index (χ0n) is 14.8. The number of hydrogen-bond acceptors (Lipinski definition) is 4. The zero-order valence-corrected chi connectivity index (χ0v) is 14.8. The van der Waals surface area contributed by atoms with Crippen LogP contribution >= 0.6 is 0 Å². The Bertz CT molecular complexity index is 940. The lowest BCUT2D eigenvalue weighted by molar-refractivity contribution is -0.134. The highest BCUT2D eigenvalue weighted by atomic mass is 16.5. The number of amides is 2. The first-order valence-electron chi connectivity index (χ1n) is 8.29. The summed E-state index contributed by atoms with van der Waals surface area (Å²) in [4.78, 5) is 27.0. The van der Waals surface area contributed by atoms with Crippen molar-refractivity contribution in [3.63, 3.8) is 0 Å². The highest BCUT2D eigenvalue weighted by Gasteiger charge is 2.25. The van der Waals surface area contributed by atoms with Crippen LogP contribution in [0.1, 0.15) is 0 Å². The van der Waals surface area contributed by atoms with Gasteiger partial charge in [-0.1, -0.05) is 30.3 Å². The Balaban J connectivity index is 1.93. The average molecular weight is 361 g/mol. The second kappa shape index (κ2) is 8.05. The molecule has 0 saturated heterocycles. The fourth-order valence-electron chi connectivity index (χ4n) is 2.61. The molecule has 0 aliphatic heterocycles. The summed E-state index contributed by atoms with van der Waals surface area (Å²) in [6.07, 6.45) is 0. The summed E-state index contributed by atoms with van der Waals surface area (Å²) in [5.74, 6) is -1.03. The Labute approximate surface area is 157 Å². The van der Waals surface area contributed by atoms with E-state index in [0.29, 0.717) is 28.5 Å². The number of nitrogens with two attached hydrogens (primary N) is 1. The van der Waals surface area contributed by atoms with E-state index in [9.17, 15) is 9.59 Å². The molecule has 0 aliphatic rings. The number of methoxy groups -OCH3 is 1. The number of benzene rings is 3. The number of ether oxygens (including phenoxy) is 1. The molecule has 3 rings (SSSR count). The molecule has 3 N–H and O–H groups in total. The zero-order chi connectivity index (χ0) is 19.2. The van der Waals surface area contributed by atoms with Crippen molar-refractivity contribution in [2.45, 2.75) is 0 Å². The summed E-state index contributed by atoms with van der Waals surface area (Å²) < 4.78 is 5.22. The van der Waals surface area contributed by atoms with Gasteiger partial charge in [-0.25, -0.2) is 0 Å². The van der Waals surface area contributed by atoms with Gasteiger partial charge in [0.1, 0.15) is 5.75 Å². The van der Waals surface area contributed by atoms with E-state index in [1.54, 1.807) is 72.8 Å². The molecular weight excluding hydrogens is 342 g/mol. The maximum Gasteiger partial charge on any atom is 0.321 e. The molecule has 0 heterocycles. The first-order chi connectivity index (χ1) is 13.1. The molecule has 0 bridgehead atoms. The molecule has 0 unspecified atom stereocenters. The number of nitrogens with zero attached hydrogens (tertiary/aromatic N) is 1. The van der Waals surface area contributed by atoms with E-state index in [-0.39, 0.29) is 0 Å². The summed E-state index contributed by atoms with van der Waals surface area (Å²) >= 11 is 0. The monoisotopic (exact) mass is 361 g/mol. The van der Waals surface area contributed by atoms with Crippen LogP contribution in [0.4, 0.5) is 22.7 Å². The standard InChI is InChI=1S/C21H19N3O3/c1-27-19-10-6-5-9-18(19)23-20(25)21(26)24(16-7-3-2-4-8-16)17-13-11-15(22)12-14-17/h2-14H,22H2,1H3,(H,23,25). The molecule has 3 aromatic rings. The van der Waals surface area contributed by atoms with E-state index in [1.807, 2.05) is 6.07 Å². The second-order valence-electron chi connectivity index (χ2n) is 5.72. The van der Waals surface area contributed by atoms with Gasteiger partial charge in [0.05, 0.1) is 12.8 Å². The third-order valence-electron chi connectivity index (χ3n) is 3.92. The number of rotatable bonds is 4. The van der Waals surface area contributed by atoms with Crippen LogP contribution < -0.4 is 20.7 Å². The molecule has 6 nitrogen and oxygen atoms in total. The van der Waals surface area contributed by atoms with E-state index in [0.717, 1.165) is 0 Å². The lowest BCUT2D eigenvalue weighted by Gasteiger charge is -2.22. The van der Waals surface area contributed by atoms with Crippen LogP contribution in [0.3, 0.4) is 0 Å². The Morgan fingerprint density at radius 2 is 1.44 bits per heavy atom. The van der Waals surface area contributed by atoms with Crippen molar-refractivity contribution in [1.29, 1.82) is 0 Å². The van der Waals surface area contributed by atoms with E-state index in [1.165, 1.54) is 12.0 Å². The lowest BCUT2D eigenvalue weighted by Crippen LogP contribution is -2.36. The minimum Gasteiger partial charge on any atom is -0.495 e. The van der Waals surface area contributed by atoms with Crippen molar-refractivity contribution in [1.82, 2.24) is 0 Å². The molecule has 0 spiro atoms. The summed E-state index contributed by atoms with van der Waals surface area (Å²) in [5, 5.41) is 2.61. The smallest absolute Gasteiger partial charge is 0.321 e. The maximum absolute atomic E-state index is 13.0. The SMILES string of the molecule is COc1ccccc1NC(=O)C(=O)N(c1ccccc1)c1ccc(N)cc1. The van der Waals surface area contributed by atoms with Crippen molar-refractivity contribution >= 4 is 34.6 Å². The minimum atomic E-state index is -0.778. The number of hydrogen-bond donors (Lipinski definition) is 2. The van der Waals surface area contributed by atoms with Gasteiger partial charge in [0, 0.05) is 17.1 Å². The molecule has 0 atom stereocenters. The molecule has 2 amide bonds. The Hall–Kier alpha value is -3.80. The molecule has 3 aromatic carbocycles. The largest absolute Gasteiger partial charge is 0.495 e. The molecule has 0 saturated carbocycles. The van der Waals surface area contributed by atoms with Gasteiger partial charge in [0.15, 0.2) is 0 Å². The predicted molar refractivity (Wildman–Crippen MR) is 106 cm³/mol. The molecular formula is C21H19N3O3. The fraction of sp³-hybridized carbons (Fsp3) is 0.0476. The van der Waals surface area contributed by atoms with Crippen molar-refractivity contribution < 1.29 is 14.3 Å². The number of carbonyl (C=O) groups excluding carboxylic acids is 2. The van der Waals surface area contributed by atoms with Crippen LogP contribution in [0.2, 0.25) is 0 Å². The van der Waals surface area contributed by atoms with Gasteiger partial charge in [-0.05, 0) is 48.5 Å². The van der Waals surface area contributed by atoms with Crippen LogP contribution in [-0.2, 0) is 9.59 Å². The van der Waals surface area contributed by atoms with Gasteiger partial charge in [-0.15, -0.1) is 0 Å². The van der Waals surface area contributed by atoms with Gasteiger partial charge in [0.2, 0.25) is 0 Å². The average Bonchev–Trinajstić information content (AvgIpc) is 2.70.